The molecule has 0 spiro atoms. The molecule has 2 aromatic heterocycles. The van der Waals surface area contributed by atoms with Crippen LogP contribution in [0.25, 0.3) is 17.0 Å². The molecule has 0 saturated carbocycles. The Balaban J connectivity index is 1.57. The summed E-state index contributed by atoms with van der Waals surface area (Å²) in [6.45, 7) is 0.768. The third-order valence-corrected chi connectivity index (χ3v) is 6.33. The van der Waals surface area contributed by atoms with Crippen molar-refractivity contribution in [1.29, 1.82) is 0 Å². The second kappa shape index (κ2) is 7.54. The summed E-state index contributed by atoms with van der Waals surface area (Å²) in [5.41, 5.74) is 1.04. The number of halogens is 3. The summed E-state index contributed by atoms with van der Waals surface area (Å²) in [6, 6.07) is 8.74. The van der Waals surface area contributed by atoms with Gasteiger partial charge in [-0.3, -0.25) is 8.61 Å². The lowest BCUT2D eigenvalue weighted by Crippen LogP contribution is -2.24. The van der Waals surface area contributed by atoms with Gasteiger partial charge in [0.25, 0.3) is 0 Å². The van der Waals surface area contributed by atoms with Crippen molar-refractivity contribution in [1.82, 2.24) is 14.6 Å². The van der Waals surface area contributed by atoms with Gasteiger partial charge in [0.1, 0.15) is 0 Å². The number of benzene rings is 1. The van der Waals surface area contributed by atoms with Gasteiger partial charge in [0, 0.05) is 40.6 Å². The molecule has 4 rings (SSSR count). The minimum Gasteiger partial charge on any atom is -0.384 e. The smallest absolute Gasteiger partial charge is 0.384 e. The molecule has 0 bridgehead atoms. The molecule has 3 aromatic rings. The molecule has 1 saturated heterocycles. The molecular weight excluding hydrogens is 389 g/mol. The van der Waals surface area contributed by atoms with Crippen LogP contribution in [-0.4, -0.2) is 36.9 Å². The summed E-state index contributed by atoms with van der Waals surface area (Å²) in [4.78, 5) is 0. The highest BCUT2D eigenvalue weighted by molar-refractivity contribution is 7.85. The molecule has 1 aliphatic heterocycles. The van der Waals surface area contributed by atoms with Crippen molar-refractivity contribution in [3.63, 3.8) is 0 Å². The second-order valence-corrected chi connectivity index (χ2v) is 8.62. The number of nitrogens with zero attached hydrogens (tertiary/aromatic N) is 3. The Bertz CT molecular complexity index is 1010. The van der Waals surface area contributed by atoms with E-state index in [9.17, 15) is 17.4 Å². The molecule has 1 aromatic carbocycles. The quantitative estimate of drug-likeness (QED) is 0.709. The Hall–Kier alpha value is -2.42. The van der Waals surface area contributed by atoms with Crippen LogP contribution in [0.3, 0.4) is 0 Å². The highest BCUT2D eigenvalue weighted by Crippen LogP contribution is 2.32. The third-order valence-electron chi connectivity index (χ3n) is 4.95. The monoisotopic (exact) mass is 408 g/mol. The number of hydrogen-bond acceptors (Lipinski definition) is 4. The first-order valence-corrected chi connectivity index (χ1v) is 10.5. The lowest BCUT2D eigenvalue weighted by Gasteiger charge is -2.22. The number of rotatable bonds is 4. The molecule has 0 amide bonds. The number of alkyl halides is 3. The molecular formula is C19H19F3N4OS. The summed E-state index contributed by atoms with van der Waals surface area (Å²) in [7, 11) is -0.683. The van der Waals surface area contributed by atoms with E-state index in [0.29, 0.717) is 23.0 Å². The second-order valence-electron chi connectivity index (χ2n) is 6.92. The predicted molar refractivity (Wildman–Crippen MR) is 103 cm³/mol. The molecule has 1 N–H and O–H groups in total. The van der Waals surface area contributed by atoms with Gasteiger partial charge in [-0.05, 0) is 43.0 Å². The first-order valence-electron chi connectivity index (χ1n) is 9.01. The average molecular weight is 408 g/mol. The molecule has 1 fully saturated rings. The SMILES string of the molecule is O=S1CCC(CNc2ccc3nnc(-c4cccc(C(F)(F)F)c4)n3c2)CC1. The third kappa shape index (κ3) is 4.04. The van der Waals surface area contributed by atoms with Gasteiger partial charge in [-0.25, -0.2) is 0 Å². The van der Waals surface area contributed by atoms with Crippen LogP contribution < -0.4 is 5.32 Å². The summed E-state index contributed by atoms with van der Waals surface area (Å²) in [5, 5.41) is 11.5. The van der Waals surface area contributed by atoms with Crippen molar-refractivity contribution >= 4 is 22.1 Å². The van der Waals surface area contributed by atoms with E-state index in [1.807, 2.05) is 6.07 Å². The van der Waals surface area contributed by atoms with Crippen LogP contribution in [0.2, 0.25) is 0 Å². The Morgan fingerprint density at radius 1 is 1.14 bits per heavy atom. The van der Waals surface area contributed by atoms with Crippen molar-refractivity contribution in [2.45, 2.75) is 19.0 Å². The molecule has 0 aliphatic carbocycles. The molecule has 0 atom stereocenters. The zero-order valence-corrected chi connectivity index (χ0v) is 15.8. The van der Waals surface area contributed by atoms with Gasteiger partial charge in [-0.15, -0.1) is 10.2 Å². The fraction of sp³-hybridized carbons (Fsp3) is 0.368. The first kappa shape index (κ1) is 18.9. The fourth-order valence-corrected chi connectivity index (χ4v) is 4.73. The molecule has 3 heterocycles. The van der Waals surface area contributed by atoms with Gasteiger partial charge in [0.15, 0.2) is 11.5 Å². The van der Waals surface area contributed by atoms with Crippen LogP contribution in [0.15, 0.2) is 42.6 Å². The van der Waals surface area contributed by atoms with E-state index >= 15 is 0 Å². The summed E-state index contributed by atoms with van der Waals surface area (Å²) < 4.78 is 52.2. The van der Waals surface area contributed by atoms with Gasteiger partial charge in [-0.1, -0.05) is 12.1 Å². The van der Waals surface area contributed by atoms with Crippen LogP contribution in [0, 0.1) is 5.92 Å². The Morgan fingerprint density at radius 3 is 2.68 bits per heavy atom. The van der Waals surface area contributed by atoms with E-state index in [4.69, 9.17) is 0 Å². The van der Waals surface area contributed by atoms with Crippen LogP contribution in [0.1, 0.15) is 18.4 Å². The van der Waals surface area contributed by atoms with Crippen LogP contribution in [0.5, 0.6) is 0 Å². The molecule has 5 nitrogen and oxygen atoms in total. The van der Waals surface area contributed by atoms with Crippen LogP contribution in [0.4, 0.5) is 18.9 Å². The van der Waals surface area contributed by atoms with Crippen molar-refractivity contribution < 1.29 is 17.4 Å². The maximum Gasteiger partial charge on any atom is 0.416 e. The molecule has 0 radical (unpaired) electrons. The number of anilines is 1. The minimum atomic E-state index is -4.41. The molecule has 28 heavy (non-hydrogen) atoms. The number of aromatic nitrogens is 3. The van der Waals surface area contributed by atoms with Crippen molar-refractivity contribution in [2.75, 3.05) is 23.4 Å². The van der Waals surface area contributed by atoms with E-state index in [1.165, 1.54) is 6.07 Å². The van der Waals surface area contributed by atoms with E-state index < -0.39 is 22.5 Å². The zero-order chi connectivity index (χ0) is 19.7. The van der Waals surface area contributed by atoms with Crippen LogP contribution >= 0.6 is 0 Å². The van der Waals surface area contributed by atoms with E-state index in [-0.39, 0.29) is 0 Å². The maximum atomic E-state index is 13.0. The normalized spacial score (nSPS) is 20.4. The number of nitrogens with one attached hydrogen (secondary N) is 1. The molecule has 9 heteroatoms. The highest BCUT2D eigenvalue weighted by atomic mass is 32.2. The first-order chi connectivity index (χ1) is 13.4. The van der Waals surface area contributed by atoms with Crippen LogP contribution in [-0.2, 0) is 17.0 Å². The van der Waals surface area contributed by atoms with Gasteiger partial charge in [0.2, 0.25) is 0 Å². The van der Waals surface area contributed by atoms with E-state index in [1.54, 1.807) is 22.7 Å². The topological polar surface area (TPSA) is 59.3 Å². The summed E-state index contributed by atoms with van der Waals surface area (Å²) in [5.74, 6) is 2.32. The molecule has 148 valence electrons. The Morgan fingerprint density at radius 2 is 1.93 bits per heavy atom. The van der Waals surface area contributed by atoms with Gasteiger partial charge >= 0.3 is 6.18 Å². The molecule has 1 aliphatic rings. The fourth-order valence-electron chi connectivity index (χ4n) is 3.34. The maximum absolute atomic E-state index is 13.0. The summed E-state index contributed by atoms with van der Waals surface area (Å²) in [6.07, 6.45) is -0.743. The largest absolute Gasteiger partial charge is 0.416 e. The van der Waals surface area contributed by atoms with Crippen molar-refractivity contribution in [3.05, 3.63) is 48.2 Å². The number of fused-ring (bicyclic) bond motifs is 1. The Labute approximate surface area is 162 Å². The van der Waals surface area contributed by atoms with E-state index in [2.05, 4.69) is 15.5 Å². The molecule has 0 unspecified atom stereocenters. The summed E-state index contributed by atoms with van der Waals surface area (Å²) >= 11 is 0. The van der Waals surface area contributed by atoms with Crippen molar-refractivity contribution in [2.24, 2.45) is 5.92 Å². The highest BCUT2D eigenvalue weighted by Gasteiger charge is 2.30. The Kier molecular flexibility index (Phi) is 5.09. The van der Waals surface area contributed by atoms with E-state index in [0.717, 1.165) is 48.7 Å². The van der Waals surface area contributed by atoms with Gasteiger partial charge in [-0.2, -0.15) is 13.2 Å². The standard InChI is InChI=1S/C19H19F3N4OS/c20-19(21,22)15-3-1-2-14(10-15)18-25-24-17-5-4-16(12-26(17)18)23-11-13-6-8-28(27)9-7-13/h1-5,10,12-13,23H,6-9,11H2. The van der Waals surface area contributed by atoms with Crippen molar-refractivity contribution in [3.8, 4) is 11.4 Å². The van der Waals surface area contributed by atoms with Gasteiger partial charge < -0.3 is 5.32 Å². The lowest BCUT2D eigenvalue weighted by atomic mass is 10.0. The lowest BCUT2D eigenvalue weighted by molar-refractivity contribution is -0.137. The average Bonchev–Trinajstić information content (AvgIpc) is 3.10. The predicted octanol–water partition coefficient (Wildman–Crippen LogP) is 3.99. The number of hydrogen-bond donors (Lipinski definition) is 1. The zero-order valence-electron chi connectivity index (χ0n) is 14.9. The van der Waals surface area contributed by atoms with Gasteiger partial charge in [0.05, 0.1) is 11.3 Å². The number of pyridine rings is 1. The minimum absolute atomic E-state index is 0.356.